The van der Waals surface area contributed by atoms with E-state index in [9.17, 15) is 34.6 Å². The smallest absolute Gasteiger partial charge is 0.476 e. The number of hydrogen-bond donors (Lipinski definition) is 0. The molecular formula is C29H31N3O13S2. The molecule has 0 aliphatic carbocycles. The number of thioether (sulfide) groups is 1. The lowest BCUT2D eigenvalue weighted by molar-refractivity contribution is -0.385. The third-order valence-corrected chi connectivity index (χ3v) is 8.54. The fourth-order valence-electron chi connectivity index (χ4n) is 4.66. The first-order chi connectivity index (χ1) is 22.6. The number of likely N-dealkylation sites (tertiary alicyclic amines) is 1. The summed E-state index contributed by atoms with van der Waals surface area (Å²) in [6, 6.07) is 9.54. The molecule has 3 unspecified atom stereocenters. The number of nitro benzene ring substituents is 2. The van der Waals surface area contributed by atoms with Crippen molar-refractivity contribution >= 4 is 58.4 Å². The van der Waals surface area contributed by atoms with Crippen molar-refractivity contribution in [3.63, 3.8) is 0 Å². The van der Waals surface area contributed by atoms with E-state index in [4.69, 9.17) is 40.6 Å². The highest BCUT2D eigenvalue weighted by molar-refractivity contribution is 8.00. The van der Waals surface area contributed by atoms with Crippen LogP contribution in [-0.4, -0.2) is 87.7 Å². The van der Waals surface area contributed by atoms with Crippen LogP contribution >= 0.6 is 24.0 Å². The quantitative estimate of drug-likeness (QED) is 0.0855. The van der Waals surface area contributed by atoms with Gasteiger partial charge in [-0.3, -0.25) is 25.0 Å². The molecule has 0 bridgehead atoms. The first-order valence-electron chi connectivity index (χ1n) is 14.3. The van der Waals surface area contributed by atoms with Crippen LogP contribution in [0.25, 0.3) is 0 Å². The Balaban J connectivity index is 1.37. The predicted octanol–water partition coefficient (Wildman–Crippen LogP) is 3.91. The number of carbonyl (C=O) groups is 3. The number of non-ortho nitro benzene ring substituents is 2. The third kappa shape index (κ3) is 9.57. The first kappa shape index (κ1) is 35.5. The van der Waals surface area contributed by atoms with E-state index in [0.29, 0.717) is 16.9 Å². The maximum atomic E-state index is 13.5. The molecule has 252 valence electrons. The fourth-order valence-corrected chi connectivity index (χ4v) is 6.22. The van der Waals surface area contributed by atoms with E-state index >= 15 is 0 Å². The Labute approximate surface area is 277 Å². The number of rotatable bonds is 15. The molecule has 47 heavy (non-hydrogen) atoms. The number of esters is 1. The van der Waals surface area contributed by atoms with Crippen LogP contribution in [-0.2, 0) is 51.2 Å². The first-order valence-corrected chi connectivity index (χ1v) is 15.8. The standard InChI is InChI=1S/C29H31N3O13S2/c1-2-47-26-23(11-12-42-29(35)44-14-19-5-9-21(10-6-19)32(38)39)25(33)30(26)24(28(46)45-22-15-40-17-41-16-22)27(34)43-13-18-3-7-20(8-4-18)31(36)37/h3-10,22-24,26H,2,11-17H2,1H3. The number of hydrogen-bond acceptors (Lipinski definition) is 15. The maximum absolute atomic E-state index is 13.5. The minimum absolute atomic E-state index is 0.0848. The van der Waals surface area contributed by atoms with Crippen molar-refractivity contribution in [2.45, 2.75) is 44.1 Å². The summed E-state index contributed by atoms with van der Waals surface area (Å²) in [7, 11) is 0. The van der Waals surface area contributed by atoms with E-state index < -0.39 is 51.3 Å². The molecule has 2 aliphatic rings. The lowest BCUT2D eigenvalue weighted by atomic mass is 9.92. The second kappa shape index (κ2) is 17.0. The summed E-state index contributed by atoms with van der Waals surface area (Å²) < 4.78 is 32.0. The lowest BCUT2D eigenvalue weighted by Crippen LogP contribution is -2.67. The number of nitrogens with zero attached hydrogens (tertiary/aromatic N) is 3. The van der Waals surface area contributed by atoms with Crippen molar-refractivity contribution in [2.75, 3.05) is 32.4 Å². The zero-order valence-electron chi connectivity index (χ0n) is 25.1. The van der Waals surface area contributed by atoms with Gasteiger partial charge in [-0.25, -0.2) is 9.59 Å². The average Bonchev–Trinajstić information content (AvgIpc) is 3.07. The molecule has 1 amide bonds. The monoisotopic (exact) mass is 693 g/mol. The van der Waals surface area contributed by atoms with Gasteiger partial charge in [0.15, 0.2) is 11.1 Å². The van der Waals surface area contributed by atoms with Crippen LogP contribution < -0.4 is 0 Å². The molecule has 2 aromatic carbocycles. The Kier molecular flexibility index (Phi) is 12.8. The second-order valence-electron chi connectivity index (χ2n) is 10.1. The highest BCUT2D eigenvalue weighted by atomic mass is 32.2. The van der Waals surface area contributed by atoms with Crippen molar-refractivity contribution < 1.29 is 52.7 Å². The Bertz CT molecular complexity index is 1450. The number of ether oxygens (including phenoxy) is 6. The van der Waals surface area contributed by atoms with Gasteiger partial charge in [0.1, 0.15) is 26.1 Å². The Morgan fingerprint density at radius 1 is 0.957 bits per heavy atom. The Hall–Kier alpha value is -4.39. The van der Waals surface area contributed by atoms with Gasteiger partial charge in [-0.2, -0.15) is 0 Å². The Morgan fingerprint density at radius 2 is 1.51 bits per heavy atom. The molecule has 0 aromatic heterocycles. The lowest BCUT2D eigenvalue weighted by Gasteiger charge is -2.49. The highest BCUT2D eigenvalue weighted by Crippen LogP contribution is 2.40. The van der Waals surface area contributed by atoms with Crippen LogP contribution in [0.2, 0.25) is 0 Å². The minimum atomic E-state index is -1.40. The van der Waals surface area contributed by atoms with E-state index in [1.54, 1.807) is 0 Å². The highest BCUT2D eigenvalue weighted by Gasteiger charge is 2.54. The minimum Gasteiger partial charge on any atom is -0.476 e. The molecule has 0 spiro atoms. The third-order valence-electron chi connectivity index (χ3n) is 6.99. The van der Waals surface area contributed by atoms with Gasteiger partial charge in [-0.1, -0.05) is 6.92 Å². The molecule has 18 heteroatoms. The van der Waals surface area contributed by atoms with Crippen LogP contribution in [0.5, 0.6) is 0 Å². The zero-order chi connectivity index (χ0) is 33.9. The van der Waals surface area contributed by atoms with Crippen molar-refractivity contribution in [2.24, 2.45) is 5.92 Å². The second-order valence-corrected chi connectivity index (χ2v) is 11.9. The average molecular weight is 694 g/mol. The predicted molar refractivity (Wildman–Crippen MR) is 167 cm³/mol. The largest absolute Gasteiger partial charge is 0.508 e. The molecule has 4 rings (SSSR count). The van der Waals surface area contributed by atoms with Gasteiger partial charge in [0.25, 0.3) is 11.4 Å². The van der Waals surface area contributed by atoms with Crippen molar-refractivity contribution in [1.29, 1.82) is 0 Å². The van der Waals surface area contributed by atoms with Crippen LogP contribution in [0.15, 0.2) is 48.5 Å². The van der Waals surface area contributed by atoms with Gasteiger partial charge in [-0.15, -0.1) is 11.8 Å². The molecular weight excluding hydrogens is 662 g/mol. The molecule has 2 fully saturated rings. The van der Waals surface area contributed by atoms with Gasteiger partial charge in [0, 0.05) is 24.3 Å². The summed E-state index contributed by atoms with van der Waals surface area (Å²) >= 11 is 6.88. The van der Waals surface area contributed by atoms with Crippen LogP contribution in [0.4, 0.5) is 16.2 Å². The number of benzene rings is 2. The molecule has 0 saturated carbocycles. The fraction of sp³-hybridized carbons (Fsp3) is 0.448. The van der Waals surface area contributed by atoms with Gasteiger partial charge < -0.3 is 33.3 Å². The normalized spacial score (nSPS) is 18.4. The maximum Gasteiger partial charge on any atom is 0.508 e. The molecule has 3 atom stereocenters. The molecule has 16 nitrogen and oxygen atoms in total. The molecule has 2 aliphatic heterocycles. The van der Waals surface area contributed by atoms with E-state index in [0.717, 1.165) is 0 Å². The van der Waals surface area contributed by atoms with Crippen molar-refractivity contribution in [1.82, 2.24) is 4.90 Å². The molecule has 2 heterocycles. The molecule has 2 saturated heterocycles. The van der Waals surface area contributed by atoms with E-state index in [2.05, 4.69) is 0 Å². The van der Waals surface area contributed by atoms with Gasteiger partial charge in [-0.05, 0) is 59.8 Å². The van der Waals surface area contributed by atoms with E-state index in [-0.39, 0.29) is 62.7 Å². The summed E-state index contributed by atoms with van der Waals surface area (Å²) in [5.41, 5.74) is 0.781. The number of β-lactam (4-membered cyclic amide) rings is 1. The number of amides is 1. The van der Waals surface area contributed by atoms with E-state index in [1.165, 1.54) is 65.2 Å². The summed E-state index contributed by atoms with van der Waals surface area (Å²) in [6.45, 7) is 1.72. The number of carbonyl (C=O) groups excluding carboxylic acids is 3. The van der Waals surface area contributed by atoms with Crippen LogP contribution in [0.1, 0.15) is 24.5 Å². The summed E-state index contributed by atoms with van der Waals surface area (Å²) in [5.74, 6) is -1.34. The molecule has 2 aromatic rings. The van der Waals surface area contributed by atoms with E-state index in [1.807, 2.05) is 6.92 Å². The molecule has 0 N–H and O–H groups in total. The zero-order valence-corrected chi connectivity index (χ0v) is 26.7. The van der Waals surface area contributed by atoms with Gasteiger partial charge in [0.2, 0.25) is 5.91 Å². The SMILES string of the molecule is CCSC1C(CCOC(=O)OCc2ccc([N+](=O)[O-])cc2)C(=O)N1C(C(=O)OCc1ccc([N+](=O)[O-])cc1)C(=S)OC1COCOC1. The Morgan fingerprint density at radius 3 is 2.04 bits per heavy atom. The van der Waals surface area contributed by atoms with Crippen LogP contribution in [0, 0.1) is 26.1 Å². The topological polar surface area (TPSA) is 196 Å². The summed E-state index contributed by atoms with van der Waals surface area (Å²) in [6.07, 6.45) is -1.47. The summed E-state index contributed by atoms with van der Waals surface area (Å²) in [5, 5.41) is 21.0. The molecule has 0 radical (unpaired) electrons. The van der Waals surface area contributed by atoms with Gasteiger partial charge >= 0.3 is 12.1 Å². The number of nitro groups is 2. The number of thiocarbonyl (C=S) groups is 1. The van der Waals surface area contributed by atoms with Crippen molar-refractivity contribution in [3.05, 3.63) is 79.9 Å². The summed E-state index contributed by atoms with van der Waals surface area (Å²) in [4.78, 5) is 61.1. The van der Waals surface area contributed by atoms with Crippen LogP contribution in [0.3, 0.4) is 0 Å². The van der Waals surface area contributed by atoms with Gasteiger partial charge in [0.05, 0.1) is 41.0 Å². The van der Waals surface area contributed by atoms with Crippen molar-refractivity contribution in [3.8, 4) is 0 Å².